The van der Waals surface area contributed by atoms with Gasteiger partial charge in [0.2, 0.25) is 11.8 Å². The Balaban J connectivity index is 1.59. The van der Waals surface area contributed by atoms with E-state index in [0.717, 1.165) is 30.3 Å². The molecule has 1 saturated heterocycles. The van der Waals surface area contributed by atoms with E-state index in [-0.39, 0.29) is 18.4 Å². The number of benzene rings is 2. The zero-order valence-electron chi connectivity index (χ0n) is 17.6. The third-order valence-corrected chi connectivity index (χ3v) is 5.60. The molecular weight excluding hydrogens is 362 g/mol. The maximum atomic E-state index is 12.4. The molecular formula is C24H31N3O2. The van der Waals surface area contributed by atoms with Gasteiger partial charge in [0.15, 0.2) is 0 Å². The Morgan fingerprint density at radius 2 is 1.66 bits per heavy atom. The molecule has 3 rings (SSSR count). The summed E-state index contributed by atoms with van der Waals surface area (Å²) in [6.07, 6.45) is 2.42. The van der Waals surface area contributed by atoms with Crippen LogP contribution < -0.4 is 15.1 Å². The van der Waals surface area contributed by atoms with Crippen molar-refractivity contribution < 1.29 is 9.59 Å². The Bertz CT molecular complexity index is 822. The molecule has 29 heavy (non-hydrogen) atoms. The normalized spacial score (nSPS) is 14.5. The number of nitrogens with one attached hydrogen (secondary N) is 1. The fourth-order valence-corrected chi connectivity index (χ4v) is 3.60. The topological polar surface area (TPSA) is 52.7 Å². The lowest BCUT2D eigenvalue weighted by atomic mass is 9.99. The number of rotatable bonds is 6. The van der Waals surface area contributed by atoms with Crippen molar-refractivity contribution in [1.82, 2.24) is 5.32 Å². The van der Waals surface area contributed by atoms with Crippen molar-refractivity contribution in [3.63, 3.8) is 0 Å². The predicted molar refractivity (Wildman–Crippen MR) is 118 cm³/mol. The summed E-state index contributed by atoms with van der Waals surface area (Å²) in [5.74, 6) is 0.474. The van der Waals surface area contributed by atoms with E-state index in [1.165, 1.54) is 35.9 Å². The highest BCUT2D eigenvalue weighted by Gasteiger charge is 2.18. The van der Waals surface area contributed by atoms with Crippen molar-refractivity contribution in [2.24, 2.45) is 5.92 Å². The van der Waals surface area contributed by atoms with Gasteiger partial charge in [-0.25, -0.2) is 0 Å². The van der Waals surface area contributed by atoms with Gasteiger partial charge in [0.1, 0.15) is 6.54 Å². The molecule has 1 fully saturated rings. The summed E-state index contributed by atoms with van der Waals surface area (Å²) < 4.78 is 0. The van der Waals surface area contributed by atoms with Crippen LogP contribution in [0.25, 0.3) is 0 Å². The summed E-state index contributed by atoms with van der Waals surface area (Å²) >= 11 is 0. The first kappa shape index (κ1) is 20.9. The summed E-state index contributed by atoms with van der Waals surface area (Å²) in [7, 11) is 0. The molecule has 0 spiro atoms. The lowest BCUT2D eigenvalue weighted by Crippen LogP contribution is -2.39. The summed E-state index contributed by atoms with van der Waals surface area (Å²) in [4.78, 5) is 28.5. The molecule has 2 aromatic rings. The summed E-state index contributed by atoms with van der Waals surface area (Å²) in [5, 5.41) is 2.90. The Morgan fingerprint density at radius 1 is 1.03 bits per heavy atom. The number of carbonyl (C=O) groups excluding carboxylic acids is 2. The third-order valence-electron chi connectivity index (χ3n) is 5.60. The van der Waals surface area contributed by atoms with Gasteiger partial charge in [-0.15, -0.1) is 0 Å². The van der Waals surface area contributed by atoms with E-state index < -0.39 is 0 Å². The summed E-state index contributed by atoms with van der Waals surface area (Å²) in [6, 6.07) is 16.0. The van der Waals surface area contributed by atoms with Crippen LogP contribution in [-0.4, -0.2) is 31.4 Å². The summed E-state index contributed by atoms with van der Waals surface area (Å²) in [6.45, 7) is 8.43. The van der Waals surface area contributed by atoms with Crippen molar-refractivity contribution in [1.29, 1.82) is 0 Å². The van der Waals surface area contributed by atoms with Gasteiger partial charge >= 0.3 is 0 Å². The van der Waals surface area contributed by atoms with Gasteiger partial charge in [0.25, 0.3) is 0 Å². The average Bonchev–Trinajstić information content (AvgIpc) is 2.72. The summed E-state index contributed by atoms with van der Waals surface area (Å²) in [5.41, 5.74) is 4.15. The molecule has 0 aromatic heterocycles. The van der Waals surface area contributed by atoms with Crippen molar-refractivity contribution >= 4 is 23.2 Å². The lowest BCUT2D eigenvalue weighted by molar-refractivity contribution is -0.123. The second kappa shape index (κ2) is 9.59. The van der Waals surface area contributed by atoms with E-state index >= 15 is 0 Å². The van der Waals surface area contributed by atoms with E-state index in [2.05, 4.69) is 17.1 Å². The van der Waals surface area contributed by atoms with Crippen LogP contribution in [0.5, 0.6) is 0 Å². The van der Waals surface area contributed by atoms with Crippen LogP contribution in [0.15, 0.2) is 48.5 Å². The van der Waals surface area contributed by atoms with E-state index in [9.17, 15) is 9.59 Å². The van der Waals surface area contributed by atoms with Gasteiger partial charge in [-0.05, 0) is 55.5 Å². The molecule has 0 saturated carbocycles. The fourth-order valence-electron chi connectivity index (χ4n) is 3.60. The molecule has 1 aliphatic heterocycles. The lowest BCUT2D eigenvalue weighted by Gasteiger charge is -2.32. The van der Waals surface area contributed by atoms with E-state index in [1.54, 1.807) is 0 Å². The Morgan fingerprint density at radius 3 is 2.24 bits per heavy atom. The van der Waals surface area contributed by atoms with E-state index in [0.29, 0.717) is 6.54 Å². The van der Waals surface area contributed by atoms with Crippen LogP contribution in [0.4, 0.5) is 11.4 Å². The molecule has 0 unspecified atom stereocenters. The van der Waals surface area contributed by atoms with Crippen LogP contribution in [0.2, 0.25) is 0 Å². The van der Waals surface area contributed by atoms with Crippen molar-refractivity contribution in [3.8, 4) is 0 Å². The molecule has 1 aliphatic rings. The van der Waals surface area contributed by atoms with Gasteiger partial charge in [-0.2, -0.15) is 0 Å². The number of anilines is 2. The molecule has 1 N–H and O–H groups in total. The first-order valence-electron chi connectivity index (χ1n) is 10.4. The molecule has 2 aromatic carbocycles. The number of hydrogen-bond donors (Lipinski definition) is 1. The molecule has 5 nitrogen and oxygen atoms in total. The maximum absolute atomic E-state index is 12.4. The fraction of sp³-hybridized carbons (Fsp3) is 0.417. The molecule has 2 amide bonds. The van der Waals surface area contributed by atoms with Crippen LogP contribution in [0.3, 0.4) is 0 Å². The number of nitrogens with zero attached hydrogens (tertiary/aromatic N) is 2. The Labute approximate surface area is 173 Å². The molecule has 0 aliphatic carbocycles. The Hall–Kier alpha value is -2.82. The first-order chi connectivity index (χ1) is 13.9. The second-order valence-corrected chi connectivity index (χ2v) is 8.05. The quantitative estimate of drug-likeness (QED) is 0.810. The first-order valence-corrected chi connectivity index (χ1v) is 10.4. The highest BCUT2D eigenvalue weighted by molar-refractivity contribution is 5.97. The predicted octanol–water partition coefficient (Wildman–Crippen LogP) is 3.90. The van der Waals surface area contributed by atoms with Crippen LogP contribution in [0.1, 0.15) is 37.8 Å². The third kappa shape index (κ3) is 5.83. The monoisotopic (exact) mass is 393 g/mol. The van der Waals surface area contributed by atoms with Crippen LogP contribution >= 0.6 is 0 Å². The molecule has 0 radical (unpaired) electrons. The van der Waals surface area contributed by atoms with Crippen molar-refractivity contribution in [3.05, 3.63) is 59.7 Å². The van der Waals surface area contributed by atoms with Gasteiger partial charge in [-0.1, -0.05) is 36.8 Å². The minimum absolute atomic E-state index is 0.0156. The zero-order valence-corrected chi connectivity index (χ0v) is 17.6. The standard InChI is InChI=1S/C24H31N3O2/c1-18-4-6-21(7-5-18)16-25-24(29)17-27(20(3)28)23-10-8-22(9-11-23)26-14-12-19(2)13-15-26/h4-11,19H,12-17H2,1-3H3,(H,25,29). The van der Waals surface area contributed by atoms with Gasteiger partial charge in [-0.3, -0.25) is 9.59 Å². The molecule has 5 heteroatoms. The van der Waals surface area contributed by atoms with Crippen LogP contribution in [0, 0.1) is 12.8 Å². The zero-order chi connectivity index (χ0) is 20.8. The second-order valence-electron chi connectivity index (χ2n) is 8.05. The minimum atomic E-state index is -0.171. The SMILES string of the molecule is CC(=O)N(CC(=O)NCc1ccc(C)cc1)c1ccc(N2CCC(C)CC2)cc1. The smallest absolute Gasteiger partial charge is 0.240 e. The number of aryl methyl sites for hydroxylation is 1. The van der Waals surface area contributed by atoms with E-state index in [1.807, 2.05) is 55.5 Å². The number of hydrogen-bond acceptors (Lipinski definition) is 3. The van der Waals surface area contributed by atoms with Crippen LogP contribution in [-0.2, 0) is 16.1 Å². The van der Waals surface area contributed by atoms with Crippen molar-refractivity contribution in [2.45, 2.75) is 40.2 Å². The number of amides is 2. The minimum Gasteiger partial charge on any atom is -0.372 e. The number of carbonyl (C=O) groups is 2. The average molecular weight is 394 g/mol. The highest BCUT2D eigenvalue weighted by Crippen LogP contribution is 2.25. The van der Waals surface area contributed by atoms with Gasteiger partial charge in [0, 0.05) is 37.9 Å². The maximum Gasteiger partial charge on any atom is 0.240 e. The molecule has 1 heterocycles. The molecule has 154 valence electrons. The molecule has 0 atom stereocenters. The Kier molecular flexibility index (Phi) is 6.91. The molecule has 0 bridgehead atoms. The highest BCUT2D eigenvalue weighted by atomic mass is 16.2. The van der Waals surface area contributed by atoms with Gasteiger partial charge < -0.3 is 15.1 Å². The largest absolute Gasteiger partial charge is 0.372 e. The van der Waals surface area contributed by atoms with Crippen molar-refractivity contribution in [2.75, 3.05) is 29.4 Å². The van der Waals surface area contributed by atoms with Gasteiger partial charge in [0.05, 0.1) is 0 Å². The van der Waals surface area contributed by atoms with E-state index in [4.69, 9.17) is 0 Å². The number of piperidine rings is 1.